The van der Waals surface area contributed by atoms with Crippen molar-refractivity contribution in [2.45, 2.75) is 32.3 Å². The van der Waals surface area contributed by atoms with Gasteiger partial charge in [0.05, 0.1) is 11.0 Å². The number of aliphatic hydroxyl groups excluding tert-OH is 1. The molecule has 0 radical (unpaired) electrons. The van der Waals surface area contributed by atoms with Gasteiger partial charge < -0.3 is 5.11 Å². The summed E-state index contributed by atoms with van der Waals surface area (Å²) in [4.78, 5) is 14.4. The molecule has 0 aliphatic heterocycles. The van der Waals surface area contributed by atoms with E-state index in [4.69, 9.17) is 0 Å². The SMILES string of the molecule is Cc1cnc(CC(O)C2CC2)cc1[N+](=O)[O-]. The number of nitro groups is 1. The maximum absolute atomic E-state index is 10.7. The highest BCUT2D eigenvalue weighted by molar-refractivity contribution is 5.38. The van der Waals surface area contributed by atoms with Crippen LogP contribution in [0.4, 0.5) is 5.69 Å². The zero-order valence-corrected chi connectivity index (χ0v) is 9.09. The highest BCUT2D eigenvalue weighted by Gasteiger charge is 2.30. The topological polar surface area (TPSA) is 76.3 Å². The molecular weight excluding hydrogens is 208 g/mol. The lowest BCUT2D eigenvalue weighted by molar-refractivity contribution is -0.385. The van der Waals surface area contributed by atoms with E-state index in [1.54, 1.807) is 6.92 Å². The maximum atomic E-state index is 10.7. The lowest BCUT2D eigenvalue weighted by atomic mass is 10.1. The minimum atomic E-state index is -0.413. The molecule has 0 aromatic carbocycles. The molecule has 1 aliphatic carbocycles. The molecule has 1 aromatic rings. The van der Waals surface area contributed by atoms with E-state index >= 15 is 0 Å². The summed E-state index contributed by atoms with van der Waals surface area (Å²) in [7, 11) is 0. The molecule has 86 valence electrons. The van der Waals surface area contributed by atoms with Crippen molar-refractivity contribution in [2.75, 3.05) is 0 Å². The van der Waals surface area contributed by atoms with Gasteiger partial charge in [0.2, 0.25) is 0 Å². The number of hydrogen-bond donors (Lipinski definition) is 1. The monoisotopic (exact) mass is 222 g/mol. The van der Waals surface area contributed by atoms with Gasteiger partial charge in [-0.05, 0) is 25.7 Å². The summed E-state index contributed by atoms with van der Waals surface area (Å²) in [6, 6.07) is 1.46. The van der Waals surface area contributed by atoms with E-state index in [0.717, 1.165) is 12.8 Å². The van der Waals surface area contributed by atoms with Crippen LogP contribution in [0.3, 0.4) is 0 Å². The highest BCUT2D eigenvalue weighted by Crippen LogP contribution is 2.34. The third-order valence-electron chi connectivity index (χ3n) is 2.91. The molecule has 5 nitrogen and oxygen atoms in total. The molecule has 1 fully saturated rings. The van der Waals surface area contributed by atoms with Crippen LogP contribution in [0.15, 0.2) is 12.3 Å². The number of aromatic nitrogens is 1. The maximum Gasteiger partial charge on any atom is 0.275 e. The Morgan fingerprint density at radius 2 is 2.38 bits per heavy atom. The quantitative estimate of drug-likeness (QED) is 0.620. The fraction of sp³-hybridized carbons (Fsp3) is 0.545. The van der Waals surface area contributed by atoms with Crippen LogP contribution in [0.5, 0.6) is 0 Å². The van der Waals surface area contributed by atoms with Crippen LogP contribution in [0, 0.1) is 23.0 Å². The van der Waals surface area contributed by atoms with Crippen molar-refractivity contribution in [1.29, 1.82) is 0 Å². The molecule has 0 spiro atoms. The molecule has 1 N–H and O–H groups in total. The molecule has 5 heteroatoms. The van der Waals surface area contributed by atoms with Gasteiger partial charge in [-0.15, -0.1) is 0 Å². The Labute approximate surface area is 93.3 Å². The summed E-state index contributed by atoms with van der Waals surface area (Å²) in [5, 5.41) is 20.5. The molecular formula is C11H14N2O3. The first-order valence-electron chi connectivity index (χ1n) is 5.36. The first-order valence-corrected chi connectivity index (χ1v) is 5.36. The van der Waals surface area contributed by atoms with Crippen LogP contribution in [0.1, 0.15) is 24.1 Å². The predicted octanol–water partition coefficient (Wildman–Crippen LogP) is 1.61. The molecule has 1 aromatic heterocycles. The standard InChI is InChI=1S/C11H14N2O3/c1-7-6-12-9(4-10(7)13(15)16)5-11(14)8-2-3-8/h4,6,8,11,14H,2-3,5H2,1H3. The van der Waals surface area contributed by atoms with Crippen LogP contribution < -0.4 is 0 Å². The van der Waals surface area contributed by atoms with E-state index in [1.165, 1.54) is 12.3 Å². The zero-order valence-electron chi connectivity index (χ0n) is 9.09. The lowest BCUT2D eigenvalue weighted by Crippen LogP contribution is -2.14. The Bertz CT molecular complexity index is 416. The van der Waals surface area contributed by atoms with Crippen molar-refractivity contribution < 1.29 is 10.0 Å². The van der Waals surface area contributed by atoms with Crippen LogP contribution >= 0.6 is 0 Å². The van der Waals surface area contributed by atoms with Crippen molar-refractivity contribution in [3.63, 3.8) is 0 Å². The molecule has 1 heterocycles. The van der Waals surface area contributed by atoms with Crippen LogP contribution in [0.2, 0.25) is 0 Å². The normalized spacial score (nSPS) is 17.1. The van der Waals surface area contributed by atoms with E-state index in [1.807, 2.05) is 0 Å². The zero-order chi connectivity index (χ0) is 11.7. The second kappa shape index (κ2) is 4.17. The first-order chi connectivity index (χ1) is 7.58. The number of nitrogens with zero attached hydrogens (tertiary/aromatic N) is 2. The highest BCUT2D eigenvalue weighted by atomic mass is 16.6. The van der Waals surface area contributed by atoms with E-state index < -0.39 is 11.0 Å². The lowest BCUT2D eigenvalue weighted by Gasteiger charge is -2.08. The Morgan fingerprint density at radius 3 is 2.94 bits per heavy atom. The Hall–Kier alpha value is -1.49. The average molecular weight is 222 g/mol. The number of pyridine rings is 1. The molecule has 1 saturated carbocycles. The van der Waals surface area contributed by atoms with Gasteiger partial charge in [0.1, 0.15) is 0 Å². The Morgan fingerprint density at radius 1 is 1.69 bits per heavy atom. The van der Waals surface area contributed by atoms with Gasteiger partial charge in [-0.1, -0.05) is 0 Å². The van der Waals surface area contributed by atoms with E-state index in [-0.39, 0.29) is 5.69 Å². The molecule has 0 bridgehead atoms. The minimum absolute atomic E-state index is 0.0768. The average Bonchev–Trinajstić information content (AvgIpc) is 3.03. The minimum Gasteiger partial charge on any atom is -0.392 e. The summed E-state index contributed by atoms with van der Waals surface area (Å²) in [5.41, 5.74) is 1.22. The van der Waals surface area contributed by atoms with E-state index in [2.05, 4.69) is 4.98 Å². The number of aliphatic hydroxyl groups is 1. The van der Waals surface area contributed by atoms with Crippen molar-refractivity contribution in [3.05, 3.63) is 33.6 Å². The third-order valence-corrected chi connectivity index (χ3v) is 2.91. The second-order valence-electron chi connectivity index (χ2n) is 4.33. The summed E-state index contributed by atoms with van der Waals surface area (Å²) in [5.74, 6) is 0.363. The second-order valence-corrected chi connectivity index (χ2v) is 4.33. The molecule has 2 rings (SSSR count). The van der Waals surface area contributed by atoms with Crippen LogP contribution in [-0.2, 0) is 6.42 Å². The summed E-state index contributed by atoms with van der Waals surface area (Å²) in [6.45, 7) is 1.66. The van der Waals surface area contributed by atoms with Gasteiger partial charge in [-0.2, -0.15) is 0 Å². The van der Waals surface area contributed by atoms with Crippen LogP contribution in [-0.4, -0.2) is 21.1 Å². The molecule has 1 aliphatic rings. The van der Waals surface area contributed by atoms with Gasteiger partial charge in [0.15, 0.2) is 0 Å². The van der Waals surface area contributed by atoms with Gasteiger partial charge >= 0.3 is 0 Å². The largest absolute Gasteiger partial charge is 0.392 e. The van der Waals surface area contributed by atoms with Crippen molar-refractivity contribution >= 4 is 5.69 Å². The number of rotatable bonds is 4. The fourth-order valence-corrected chi connectivity index (χ4v) is 1.73. The van der Waals surface area contributed by atoms with Crippen molar-refractivity contribution in [2.24, 2.45) is 5.92 Å². The molecule has 1 unspecified atom stereocenters. The van der Waals surface area contributed by atoms with Crippen molar-refractivity contribution in [1.82, 2.24) is 4.98 Å². The van der Waals surface area contributed by atoms with Crippen molar-refractivity contribution in [3.8, 4) is 0 Å². The smallest absolute Gasteiger partial charge is 0.275 e. The first kappa shape index (κ1) is 11.0. The number of aryl methyl sites for hydroxylation is 1. The fourth-order valence-electron chi connectivity index (χ4n) is 1.73. The Balaban J connectivity index is 2.15. The van der Waals surface area contributed by atoms with E-state index in [9.17, 15) is 15.2 Å². The molecule has 0 saturated heterocycles. The Kier molecular flexibility index (Phi) is 2.87. The van der Waals surface area contributed by atoms with Gasteiger partial charge in [-0.25, -0.2) is 0 Å². The molecule has 16 heavy (non-hydrogen) atoms. The number of hydrogen-bond acceptors (Lipinski definition) is 4. The predicted molar refractivity (Wildman–Crippen MR) is 58.1 cm³/mol. The summed E-state index contributed by atoms with van der Waals surface area (Å²) in [6.07, 6.45) is 3.60. The van der Waals surface area contributed by atoms with Gasteiger partial charge in [0.25, 0.3) is 5.69 Å². The third kappa shape index (κ3) is 2.36. The molecule has 1 atom stereocenters. The summed E-state index contributed by atoms with van der Waals surface area (Å²) < 4.78 is 0. The van der Waals surface area contributed by atoms with E-state index in [0.29, 0.717) is 23.6 Å². The molecule has 0 amide bonds. The summed E-state index contributed by atoms with van der Waals surface area (Å²) >= 11 is 0. The van der Waals surface area contributed by atoms with Gasteiger partial charge in [-0.3, -0.25) is 15.1 Å². The van der Waals surface area contributed by atoms with Crippen LogP contribution in [0.25, 0.3) is 0 Å². The van der Waals surface area contributed by atoms with Gasteiger partial charge in [0, 0.05) is 29.9 Å².